The van der Waals surface area contributed by atoms with Crippen LogP contribution in [0, 0.1) is 6.92 Å². The van der Waals surface area contributed by atoms with Crippen molar-refractivity contribution in [2.75, 3.05) is 0 Å². The lowest BCUT2D eigenvalue weighted by Gasteiger charge is -2.03. The number of hydrogen-bond acceptors (Lipinski definition) is 3. The number of hydrogen-bond donors (Lipinski definition) is 1. The molecule has 0 radical (unpaired) electrons. The first-order chi connectivity index (χ1) is 12.1. The van der Waals surface area contributed by atoms with Crippen LogP contribution in [0.25, 0.3) is 5.69 Å². The SMILES string of the molecule is Cc1c(/C=N\NC(=O)c2ccccc2Cl)c(Cl)nn1-c1ccccc1. The third kappa shape index (κ3) is 3.73. The summed E-state index contributed by atoms with van der Waals surface area (Å²) in [6.45, 7) is 1.88. The van der Waals surface area contributed by atoms with Gasteiger partial charge in [0.2, 0.25) is 0 Å². The minimum Gasteiger partial charge on any atom is -0.267 e. The number of para-hydroxylation sites is 1. The van der Waals surface area contributed by atoms with E-state index in [2.05, 4.69) is 15.6 Å². The third-order valence-corrected chi connectivity index (χ3v) is 4.21. The molecule has 0 unspecified atom stereocenters. The van der Waals surface area contributed by atoms with Gasteiger partial charge in [-0.2, -0.15) is 10.2 Å². The van der Waals surface area contributed by atoms with E-state index < -0.39 is 5.91 Å². The van der Waals surface area contributed by atoms with E-state index in [-0.39, 0.29) is 0 Å². The van der Waals surface area contributed by atoms with Gasteiger partial charge in [-0.1, -0.05) is 53.5 Å². The third-order valence-electron chi connectivity index (χ3n) is 3.60. The lowest BCUT2D eigenvalue weighted by molar-refractivity contribution is 0.0955. The van der Waals surface area contributed by atoms with E-state index in [1.165, 1.54) is 6.21 Å². The number of amides is 1. The highest BCUT2D eigenvalue weighted by atomic mass is 35.5. The molecule has 0 aliphatic heterocycles. The summed E-state index contributed by atoms with van der Waals surface area (Å²) in [5.41, 5.74) is 5.13. The van der Waals surface area contributed by atoms with Crippen LogP contribution in [-0.4, -0.2) is 21.9 Å². The Balaban J connectivity index is 1.80. The molecule has 0 saturated heterocycles. The highest BCUT2D eigenvalue weighted by molar-refractivity contribution is 6.34. The van der Waals surface area contributed by atoms with Crippen LogP contribution in [0.4, 0.5) is 0 Å². The molecule has 1 aromatic heterocycles. The average Bonchev–Trinajstić information content (AvgIpc) is 2.91. The lowest BCUT2D eigenvalue weighted by atomic mass is 10.2. The van der Waals surface area contributed by atoms with Gasteiger partial charge >= 0.3 is 0 Å². The first-order valence-corrected chi connectivity index (χ1v) is 8.22. The Morgan fingerprint density at radius 3 is 2.52 bits per heavy atom. The first kappa shape index (κ1) is 17.2. The van der Waals surface area contributed by atoms with Crippen LogP contribution in [0.3, 0.4) is 0 Å². The molecule has 3 aromatic rings. The van der Waals surface area contributed by atoms with Crippen LogP contribution in [0.15, 0.2) is 59.7 Å². The predicted octanol–water partition coefficient (Wildman–Crippen LogP) is 4.25. The Morgan fingerprint density at radius 2 is 1.80 bits per heavy atom. The first-order valence-electron chi connectivity index (χ1n) is 7.46. The Morgan fingerprint density at radius 1 is 1.12 bits per heavy atom. The van der Waals surface area contributed by atoms with Crippen molar-refractivity contribution in [1.82, 2.24) is 15.2 Å². The normalized spacial score (nSPS) is 11.0. The molecule has 2 aromatic carbocycles. The summed E-state index contributed by atoms with van der Waals surface area (Å²) in [5, 5.41) is 8.94. The van der Waals surface area contributed by atoms with Crippen molar-refractivity contribution in [2.24, 2.45) is 5.10 Å². The summed E-state index contributed by atoms with van der Waals surface area (Å²) in [4.78, 5) is 12.1. The minimum absolute atomic E-state index is 0.303. The number of hydrazone groups is 1. The molecule has 25 heavy (non-hydrogen) atoms. The quantitative estimate of drug-likeness (QED) is 0.549. The molecule has 7 heteroatoms. The van der Waals surface area contributed by atoms with E-state index >= 15 is 0 Å². The second-order valence-corrected chi connectivity index (χ2v) is 5.98. The van der Waals surface area contributed by atoms with Crippen LogP contribution in [0.1, 0.15) is 21.6 Å². The molecule has 0 bridgehead atoms. The van der Waals surface area contributed by atoms with E-state index in [9.17, 15) is 4.79 Å². The van der Waals surface area contributed by atoms with Crippen LogP contribution < -0.4 is 5.43 Å². The molecule has 126 valence electrons. The highest BCUT2D eigenvalue weighted by Gasteiger charge is 2.13. The molecule has 1 heterocycles. The molecular weight excluding hydrogens is 359 g/mol. The van der Waals surface area contributed by atoms with Crippen LogP contribution in [0.2, 0.25) is 10.2 Å². The molecule has 0 spiro atoms. The molecule has 0 atom stereocenters. The van der Waals surface area contributed by atoms with Gasteiger partial charge in [-0.25, -0.2) is 10.1 Å². The van der Waals surface area contributed by atoms with Crippen molar-refractivity contribution >= 4 is 35.3 Å². The van der Waals surface area contributed by atoms with E-state index in [1.54, 1.807) is 28.9 Å². The van der Waals surface area contributed by atoms with E-state index in [0.29, 0.717) is 21.3 Å². The maximum absolute atomic E-state index is 12.1. The molecule has 1 N–H and O–H groups in total. The Kier molecular flexibility index (Phi) is 5.16. The second-order valence-electron chi connectivity index (χ2n) is 5.22. The van der Waals surface area contributed by atoms with Crippen molar-refractivity contribution in [1.29, 1.82) is 0 Å². The number of benzene rings is 2. The van der Waals surface area contributed by atoms with E-state index in [4.69, 9.17) is 23.2 Å². The molecule has 5 nitrogen and oxygen atoms in total. The standard InChI is InChI=1S/C18H14Cl2N4O/c1-12-15(17(20)23-24(12)13-7-3-2-4-8-13)11-21-22-18(25)14-9-5-6-10-16(14)19/h2-11H,1H3,(H,22,25)/b21-11-. The fourth-order valence-corrected chi connectivity index (χ4v) is 2.79. The Labute approximate surface area is 154 Å². The van der Waals surface area contributed by atoms with Crippen molar-refractivity contribution in [3.05, 3.63) is 81.6 Å². The molecule has 0 fully saturated rings. The van der Waals surface area contributed by atoms with Gasteiger partial charge in [0.1, 0.15) is 0 Å². The van der Waals surface area contributed by atoms with Gasteiger partial charge in [-0.05, 0) is 31.2 Å². The molecule has 0 aliphatic rings. The fraction of sp³-hybridized carbons (Fsp3) is 0.0556. The predicted molar refractivity (Wildman–Crippen MR) is 99.8 cm³/mol. The van der Waals surface area contributed by atoms with Crippen molar-refractivity contribution in [2.45, 2.75) is 6.92 Å². The number of carbonyl (C=O) groups excluding carboxylic acids is 1. The summed E-state index contributed by atoms with van der Waals surface area (Å²) in [6.07, 6.45) is 1.47. The molecule has 3 rings (SSSR count). The molecule has 0 saturated carbocycles. The fourth-order valence-electron chi connectivity index (χ4n) is 2.31. The van der Waals surface area contributed by atoms with Gasteiger partial charge in [0.05, 0.1) is 33.7 Å². The van der Waals surface area contributed by atoms with Crippen LogP contribution in [0.5, 0.6) is 0 Å². The number of halogens is 2. The largest absolute Gasteiger partial charge is 0.272 e. The maximum atomic E-state index is 12.1. The average molecular weight is 373 g/mol. The number of carbonyl (C=O) groups is 1. The van der Waals surface area contributed by atoms with Crippen molar-refractivity contribution in [3.8, 4) is 5.69 Å². The number of aromatic nitrogens is 2. The summed E-state index contributed by atoms with van der Waals surface area (Å²) in [5.74, 6) is -0.397. The lowest BCUT2D eigenvalue weighted by Crippen LogP contribution is -2.18. The zero-order valence-corrected chi connectivity index (χ0v) is 14.8. The zero-order valence-electron chi connectivity index (χ0n) is 13.3. The highest BCUT2D eigenvalue weighted by Crippen LogP contribution is 2.20. The summed E-state index contributed by atoms with van der Waals surface area (Å²) in [7, 11) is 0. The number of rotatable bonds is 4. The summed E-state index contributed by atoms with van der Waals surface area (Å²) >= 11 is 12.2. The van der Waals surface area contributed by atoms with Gasteiger partial charge in [-0.15, -0.1) is 0 Å². The van der Waals surface area contributed by atoms with Gasteiger partial charge in [-0.3, -0.25) is 4.79 Å². The smallest absolute Gasteiger partial charge is 0.267 e. The van der Waals surface area contributed by atoms with Gasteiger partial charge in [0.25, 0.3) is 5.91 Å². The second kappa shape index (κ2) is 7.51. The van der Waals surface area contributed by atoms with E-state index in [0.717, 1.165) is 11.4 Å². The monoisotopic (exact) mass is 372 g/mol. The van der Waals surface area contributed by atoms with E-state index in [1.807, 2.05) is 37.3 Å². The van der Waals surface area contributed by atoms with Crippen molar-refractivity contribution < 1.29 is 4.79 Å². The van der Waals surface area contributed by atoms with Crippen LogP contribution >= 0.6 is 23.2 Å². The van der Waals surface area contributed by atoms with Crippen LogP contribution in [-0.2, 0) is 0 Å². The van der Waals surface area contributed by atoms with Gasteiger partial charge in [0.15, 0.2) is 5.15 Å². The molecule has 0 aliphatic carbocycles. The van der Waals surface area contributed by atoms with Gasteiger partial charge < -0.3 is 0 Å². The number of nitrogens with one attached hydrogen (secondary N) is 1. The molecule has 1 amide bonds. The number of nitrogens with zero attached hydrogens (tertiary/aromatic N) is 3. The van der Waals surface area contributed by atoms with Gasteiger partial charge in [0, 0.05) is 0 Å². The Hall–Kier alpha value is -2.63. The Bertz CT molecular complexity index is 936. The molecular formula is C18H14Cl2N4O. The summed E-state index contributed by atoms with van der Waals surface area (Å²) in [6, 6.07) is 16.4. The summed E-state index contributed by atoms with van der Waals surface area (Å²) < 4.78 is 1.72. The minimum atomic E-state index is -0.397. The van der Waals surface area contributed by atoms with Crippen molar-refractivity contribution in [3.63, 3.8) is 0 Å². The maximum Gasteiger partial charge on any atom is 0.272 e. The topological polar surface area (TPSA) is 59.3 Å². The zero-order chi connectivity index (χ0) is 17.8.